The molecule has 0 spiro atoms. The number of hydrogen-bond donors (Lipinski definition) is 0. The van der Waals surface area contributed by atoms with Crippen LogP contribution in [0, 0.1) is 0 Å². The molecule has 1 rings (SSSR count). The van der Waals surface area contributed by atoms with Crippen LogP contribution >= 0.6 is 0 Å². The van der Waals surface area contributed by atoms with Crippen LogP contribution < -0.4 is 0 Å². The lowest BCUT2D eigenvalue weighted by Gasteiger charge is -2.14. The quantitative estimate of drug-likeness (QED) is 0.599. The van der Waals surface area contributed by atoms with Crippen molar-refractivity contribution in [1.29, 1.82) is 0 Å². The van der Waals surface area contributed by atoms with Gasteiger partial charge in [-0.15, -0.1) is 0 Å². The highest BCUT2D eigenvalue weighted by Gasteiger charge is 2.10. The lowest BCUT2D eigenvalue weighted by molar-refractivity contribution is 0.334. The summed E-state index contributed by atoms with van der Waals surface area (Å²) >= 11 is 0. The highest BCUT2D eigenvalue weighted by atomic mass is 15.1. The van der Waals surface area contributed by atoms with Gasteiger partial charge in [0.15, 0.2) is 0 Å². The van der Waals surface area contributed by atoms with Crippen molar-refractivity contribution in [3.8, 4) is 0 Å². The van der Waals surface area contributed by atoms with Gasteiger partial charge < -0.3 is 4.90 Å². The van der Waals surface area contributed by atoms with Crippen molar-refractivity contribution in [2.75, 3.05) is 19.6 Å². The highest BCUT2D eigenvalue weighted by molar-refractivity contribution is 5.17. The Morgan fingerprint density at radius 3 is 2.60 bits per heavy atom. The van der Waals surface area contributed by atoms with Gasteiger partial charge in [0, 0.05) is 0 Å². The molecule has 0 unspecified atom stereocenters. The number of likely N-dealkylation sites (tertiary alicyclic amines) is 1. The molecule has 0 saturated carbocycles. The summed E-state index contributed by atoms with van der Waals surface area (Å²) < 4.78 is 0. The molecule has 1 heterocycles. The summed E-state index contributed by atoms with van der Waals surface area (Å²) in [5, 5.41) is 0. The second kappa shape index (κ2) is 7.70. The summed E-state index contributed by atoms with van der Waals surface area (Å²) in [5.41, 5.74) is 1.50. The van der Waals surface area contributed by atoms with Gasteiger partial charge in [0.05, 0.1) is 0 Å². The Labute approximate surface area is 94.9 Å². The van der Waals surface area contributed by atoms with E-state index < -0.39 is 0 Å². The molecule has 0 bridgehead atoms. The number of allylic oxidation sites excluding steroid dienone is 4. The average molecular weight is 207 g/mol. The van der Waals surface area contributed by atoms with Gasteiger partial charge in [-0.3, -0.25) is 0 Å². The SMILES string of the molecule is C/C=C(\C=C/CC)CCCN1CCCC1. The average Bonchev–Trinajstić information content (AvgIpc) is 2.76. The van der Waals surface area contributed by atoms with Gasteiger partial charge in [-0.05, 0) is 58.7 Å². The van der Waals surface area contributed by atoms with Gasteiger partial charge >= 0.3 is 0 Å². The molecule has 1 saturated heterocycles. The van der Waals surface area contributed by atoms with Crippen molar-refractivity contribution < 1.29 is 0 Å². The first-order chi connectivity index (χ1) is 7.36. The second-order valence-corrected chi connectivity index (χ2v) is 4.33. The Kier molecular flexibility index (Phi) is 6.42. The summed E-state index contributed by atoms with van der Waals surface area (Å²) in [5.74, 6) is 0. The molecule has 0 aromatic heterocycles. The lowest BCUT2D eigenvalue weighted by Crippen LogP contribution is -2.20. The van der Waals surface area contributed by atoms with E-state index >= 15 is 0 Å². The zero-order valence-electron chi connectivity index (χ0n) is 10.3. The maximum atomic E-state index is 2.59. The Hall–Kier alpha value is -0.560. The zero-order chi connectivity index (χ0) is 10.9. The van der Waals surface area contributed by atoms with Crippen molar-refractivity contribution in [3.05, 3.63) is 23.8 Å². The van der Waals surface area contributed by atoms with Crippen molar-refractivity contribution in [2.24, 2.45) is 0 Å². The molecular formula is C14H25N. The lowest BCUT2D eigenvalue weighted by atomic mass is 10.1. The molecule has 1 aliphatic rings. The smallest absolute Gasteiger partial charge is 0.00156 e. The van der Waals surface area contributed by atoms with E-state index in [2.05, 4.69) is 37.0 Å². The van der Waals surface area contributed by atoms with Crippen LogP contribution in [0.25, 0.3) is 0 Å². The number of hydrogen-bond acceptors (Lipinski definition) is 1. The van der Waals surface area contributed by atoms with Crippen LogP contribution in [0.3, 0.4) is 0 Å². The van der Waals surface area contributed by atoms with Gasteiger partial charge in [-0.1, -0.05) is 30.7 Å². The fourth-order valence-corrected chi connectivity index (χ4v) is 2.11. The van der Waals surface area contributed by atoms with Gasteiger partial charge in [0.25, 0.3) is 0 Å². The van der Waals surface area contributed by atoms with Crippen LogP contribution in [-0.4, -0.2) is 24.5 Å². The number of rotatable bonds is 6. The molecule has 0 aromatic carbocycles. The third-order valence-corrected chi connectivity index (χ3v) is 3.08. The maximum absolute atomic E-state index is 2.59. The third-order valence-electron chi connectivity index (χ3n) is 3.08. The molecule has 86 valence electrons. The molecular weight excluding hydrogens is 182 g/mol. The Morgan fingerprint density at radius 2 is 2.00 bits per heavy atom. The van der Waals surface area contributed by atoms with Crippen LogP contribution in [0.4, 0.5) is 0 Å². The minimum atomic E-state index is 1.14. The molecule has 1 heteroatoms. The van der Waals surface area contributed by atoms with E-state index in [-0.39, 0.29) is 0 Å². The zero-order valence-corrected chi connectivity index (χ0v) is 10.3. The monoisotopic (exact) mass is 207 g/mol. The predicted molar refractivity (Wildman–Crippen MR) is 68.1 cm³/mol. The Bertz CT molecular complexity index is 209. The number of nitrogens with zero attached hydrogens (tertiary/aromatic N) is 1. The van der Waals surface area contributed by atoms with Crippen molar-refractivity contribution >= 4 is 0 Å². The van der Waals surface area contributed by atoms with Gasteiger partial charge in [-0.25, -0.2) is 0 Å². The fourth-order valence-electron chi connectivity index (χ4n) is 2.11. The summed E-state index contributed by atoms with van der Waals surface area (Å²) in [6, 6.07) is 0. The van der Waals surface area contributed by atoms with Crippen molar-refractivity contribution in [1.82, 2.24) is 4.90 Å². The van der Waals surface area contributed by atoms with E-state index in [4.69, 9.17) is 0 Å². The van der Waals surface area contributed by atoms with E-state index in [1.165, 1.54) is 50.9 Å². The van der Waals surface area contributed by atoms with E-state index in [1.54, 1.807) is 0 Å². The van der Waals surface area contributed by atoms with Crippen LogP contribution in [0.5, 0.6) is 0 Å². The minimum Gasteiger partial charge on any atom is -0.303 e. The summed E-state index contributed by atoms with van der Waals surface area (Å²) in [4.78, 5) is 2.59. The van der Waals surface area contributed by atoms with E-state index in [9.17, 15) is 0 Å². The van der Waals surface area contributed by atoms with Crippen molar-refractivity contribution in [3.63, 3.8) is 0 Å². The Morgan fingerprint density at radius 1 is 1.27 bits per heavy atom. The molecule has 0 atom stereocenters. The van der Waals surface area contributed by atoms with Crippen LogP contribution in [-0.2, 0) is 0 Å². The Balaban J connectivity index is 2.14. The predicted octanol–water partition coefficient (Wildman–Crippen LogP) is 3.77. The van der Waals surface area contributed by atoms with E-state index in [1.807, 2.05) is 0 Å². The summed E-state index contributed by atoms with van der Waals surface area (Å²) in [7, 11) is 0. The van der Waals surface area contributed by atoms with Crippen LogP contribution in [0.2, 0.25) is 0 Å². The topological polar surface area (TPSA) is 3.24 Å². The van der Waals surface area contributed by atoms with Gasteiger partial charge in [0.1, 0.15) is 0 Å². The molecule has 0 N–H and O–H groups in total. The van der Waals surface area contributed by atoms with Crippen LogP contribution in [0.15, 0.2) is 23.8 Å². The first-order valence-corrected chi connectivity index (χ1v) is 6.41. The molecule has 1 aliphatic heterocycles. The molecule has 15 heavy (non-hydrogen) atoms. The molecule has 1 fully saturated rings. The molecule has 0 amide bonds. The van der Waals surface area contributed by atoms with Crippen LogP contribution in [0.1, 0.15) is 46.0 Å². The van der Waals surface area contributed by atoms with Crippen molar-refractivity contribution in [2.45, 2.75) is 46.0 Å². The first kappa shape index (κ1) is 12.5. The maximum Gasteiger partial charge on any atom is -0.00156 e. The molecule has 0 radical (unpaired) electrons. The highest BCUT2D eigenvalue weighted by Crippen LogP contribution is 2.12. The van der Waals surface area contributed by atoms with Gasteiger partial charge in [-0.2, -0.15) is 0 Å². The minimum absolute atomic E-state index is 1.14. The summed E-state index contributed by atoms with van der Waals surface area (Å²) in [6.45, 7) is 8.28. The summed E-state index contributed by atoms with van der Waals surface area (Å²) in [6.07, 6.45) is 13.3. The normalized spacial score (nSPS) is 19.2. The standard InChI is InChI=1S/C14H25N/c1-3-5-9-14(4-2)10-8-13-15-11-6-7-12-15/h4-5,9H,3,6-8,10-13H2,1-2H3/b9-5-,14-4+. The largest absolute Gasteiger partial charge is 0.303 e. The third kappa shape index (κ3) is 5.17. The van der Waals surface area contributed by atoms with Gasteiger partial charge in [0.2, 0.25) is 0 Å². The van der Waals surface area contributed by atoms with E-state index in [0.717, 1.165) is 6.42 Å². The second-order valence-electron chi connectivity index (χ2n) is 4.33. The molecule has 1 nitrogen and oxygen atoms in total. The first-order valence-electron chi connectivity index (χ1n) is 6.41. The molecule has 0 aliphatic carbocycles. The molecule has 0 aromatic rings. The fraction of sp³-hybridized carbons (Fsp3) is 0.714. The van der Waals surface area contributed by atoms with E-state index in [0.29, 0.717) is 0 Å².